The largest absolute Gasteiger partial charge is 0.461 e. The van der Waals surface area contributed by atoms with Gasteiger partial charge in [-0.3, -0.25) is 10.1 Å². The standard InChI is InChI=1S/C12H9ClN2O6/c1-2-19-11(16)9-6-20-12(14-9)21-7-3-4-10(15(17)18)8(13)5-7/h3-6H,2H2,1H3. The van der Waals surface area contributed by atoms with Gasteiger partial charge in [0, 0.05) is 12.1 Å². The summed E-state index contributed by atoms with van der Waals surface area (Å²) in [5, 5.41) is 10.5. The molecule has 2 rings (SSSR count). The van der Waals surface area contributed by atoms with Gasteiger partial charge in [-0.05, 0) is 13.0 Å². The first-order chi connectivity index (χ1) is 10.0. The predicted octanol–water partition coefficient (Wildman–Crippen LogP) is 3.21. The van der Waals surface area contributed by atoms with Gasteiger partial charge in [-0.25, -0.2) is 4.79 Å². The maximum Gasteiger partial charge on any atom is 0.399 e. The third kappa shape index (κ3) is 3.48. The zero-order valence-electron chi connectivity index (χ0n) is 10.7. The van der Waals surface area contributed by atoms with E-state index in [1.165, 1.54) is 18.2 Å². The van der Waals surface area contributed by atoms with Gasteiger partial charge >= 0.3 is 12.0 Å². The van der Waals surface area contributed by atoms with Crippen LogP contribution in [0.5, 0.6) is 11.8 Å². The van der Waals surface area contributed by atoms with Crippen molar-refractivity contribution in [2.24, 2.45) is 0 Å². The highest BCUT2D eigenvalue weighted by molar-refractivity contribution is 6.32. The van der Waals surface area contributed by atoms with E-state index in [0.29, 0.717) is 0 Å². The molecular weight excluding hydrogens is 304 g/mol. The fourth-order valence-corrected chi connectivity index (χ4v) is 1.64. The number of hydrogen-bond donors (Lipinski definition) is 0. The molecule has 1 aromatic carbocycles. The van der Waals surface area contributed by atoms with E-state index in [4.69, 9.17) is 25.5 Å². The van der Waals surface area contributed by atoms with Crippen LogP contribution in [0.4, 0.5) is 5.69 Å². The van der Waals surface area contributed by atoms with Crippen molar-refractivity contribution < 1.29 is 23.6 Å². The smallest absolute Gasteiger partial charge is 0.399 e. The second-order valence-electron chi connectivity index (χ2n) is 3.69. The molecule has 1 aromatic heterocycles. The van der Waals surface area contributed by atoms with E-state index < -0.39 is 10.9 Å². The predicted molar refractivity (Wildman–Crippen MR) is 70.6 cm³/mol. The minimum absolute atomic E-state index is 0.0418. The molecular formula is C12H9ClN2O6. The number of aromatic nitrogens is 1. The third-order valence-electron chi connectivity index (χ3n) is 2.29. The lowest BCUT2D eigenvalue weighted by molar-refractivity contribution is -0.384. The van der Waals surface area contributed by atoms with E-state index in [9.17, 15) is 14.9 Å². The van der Waals surface area contributed by atoms with Crippen molar-refractivity contribution in [2.45, 2.75) is 6.92 Å². The molecule has 0 radical (unpaired) electrons. The van der Waals surface area contributed by atoms with Crippen LogP contribution >= 0.6 is 11.6 Å². The zero-order chi connectivity index (χ0) is 15.4. The zero-order valence-corrected chi connectivity index (χ0v) is 11.5. The molecule has 1 heterocycles. The number of benzene rings is 1. The second kappa shape index (κ2) is 6.23. The van der Waals surface area contributed by atoms with Gasteiger partial charge in [0.1, 0.15) is 17.0 Å². The number of rotatable bonds is 5. The third-order valence-corrected chi connectivity index (χ3v) is 2.59. The van der Waals surface area contributed by atoms with E-state index in [2.05, 4.69) is 4.98 Å². The van der Waals surface area contributed by atoms with Gasteiger partial charge in [0.25, 0.3) is 5.69 Å². The van der Waals surface area contributed by atoms with Crippen LogP contribution in [0.3, 0.4) is 0 Å². The van der Waals surface area contributed by atoms with Crippen LogP contribution < -0.4 is 4.74 Å². The quantitative estimate of drug-likeness (QED) is 0.474. The van der Waals surface area contributed by atoms with E-state index in [0.717, 1.165) is 6.26 Å². The molecule has 0 aliphatic heterocycles. The molecule has 21 heavy (non-hydrogen) atoms. The van der Waals surface area contributed by atoms with Crippen LogP contribution in [0.1, 0.15) is 17.4 Å². The van der Waals surface area contributed by atoms with E-state index >= 15 is 0 Å². The summed E-state index contributed by atoms with van der Waals surface area (Å²) in [7, 11) is 0. The molecule has 0 bridgehead atoms. The van der Waals surface area contributed by atoms with Crippen molar-refractivity contribution in [1.82, 2.24) is 4.98 Å². The molecule has 8 nitrogen and oxygen atoms in total. The summed E-state index contributed by atoms with van der Waals surface area (Å²) >= 11 is 5.74. The lowest BCUT2D eigenvalue weighted by Crippen LogP contribution is -2.04. The Morgan fingerprint density at radius 2 is 2.29 bits per heavy atom. The normalized spacial score (nSPS) is 10.2. The summed E-state index contributed by atoms with van der Waals surface area (Å²) in [6.45, 7) is 1.87. The maximum atomic E-state index is 11.4. The van der Waals surface area contributed by atoms with Crippen LogP contribution in [0.15, 0.2) is 28.9 Å². The molecule has 0 spiro atoms. The van der Waals surface area contributed by atoms with Gasteiger partial charge in [-0.1, -0.05) is 11.6 Å². The summed E-state index contributed by atoms with van der Waals surface area (Å²) < 4.78 is 14.9. The molecule has 0 saturated carbocycles. The minimum atomic E-state index is -0.641. The van der Waals surface area contributed by atoms with Gasteiger partial charge in [-0.15, -0.1) is 0 Å². The molecule has 0 fully saturated rings. The number of nitrogens with zero attached hydrogens (tertiary/aromatic N) is 2. The van der Waals surface area contributed by atoms with Gasteiger partial charge in [0.05, 0.1) is 11.5 Å². The van der Waals surface area contributed by atoms with Gasteiger partial charge in [-0.2, -0.15) is 4.98 Å². The number of carbonyl (C=O) groups is 1. The first-order valence-electron chi connectivity index (χ1n) is 5.75. The summed E-state index contributed by atoms with van der Waals surface area (Å²) in [4.78, 5) is 25.2. The maximum absolute atomic E-state index is 11.4. The minimum Gasteiger partial charge on any atom is -0.461 e. The molecule has 2 aromatic rings. The molecule has 0 unspecified atom stereocenters. The fraction of sp³-hybridized carbons (Fsp3) is 0.167. The SMILES string of the molecule is CCOC(=O)c1coc(Oc2ccc([N+](=O)[O-])c(Cl)c2)n1. The van der Waals surface area contributed by atoms with Gasteiger partial charge in [0.15, 0.2) is 5.69 Å². The van der Waals surface area contributed by atoms with Crippen LogP contribution in [0.2, 0.25) is 5.02 Å². The Morgan fingerprint density at radius 1 is 1.52 bits per heavy atom. The first kappa shape index (κ1) is 14.8. The summed E-state index contributed by atoms with van der Waals surface area (Å²) in [6.07, 6.45) is 0.878. The van der Waals surface area contributed by atoms with E-state index in [-0.39, 0.29) is 34.8 Å². The first-order valence-corrected chi connectivity index (χ1v) is 6.13. The fourth-order valence-electron chi connectivity index (χ4n) is 1.40. The number of nitro benzene ring substituents is 1. The van der Waals surface area contributed by atoms with Crippen LogP contribution in [0.25, 0.3) is 0 Å². The number of carbonyl (C=O) groups excluding carboxylic acids is 1. The Balaban J connectivity index is 2.14. The van der Waals surface area contributed by atoms with Gasteiger partial charge < -0.3 is 13.9 Å². The average molecular weight is 313 g/mol. The molecule has 110 valence electrons. The Morgan fingerprint density at radius 3 is 2.90 bits per heavy atom. The van der Waals surface area contributed by atoms with Crippen LogP contribution in [0, 0.1) is 10.1 Å². The van der Waals surface area contributed by atoms with Gasteiger partial charge in [0.2, 0.25) is 0 Å². The van der Waals surface area contributed by atoms with Crippen LogP contribution in [-0.4, -0.2) is 22.5 Å². The highest BCUT2D eigenvalue weighted by Crippen LogP contribution is 2.30. The Hall–Kier alpha value is -2.61. The molecule has 0 amide bonds. The number of ether oxygens (including phenoxy) is 2. The lowest BCUT2D eigenvalue weighted by Gasteiger charge is -2.01. The lowest BCUT2D eigenvalue weighted by atomic mass is 10.3. The number of halogens is 1. The highest BCUT2D eigenvalue weighted by atomic mass is 35.5. The topological polar surface area (TPSA) is 105 Å². The highest BCUT2D eigenvalue weighted by Gasteiger charge is 2.16. The van der Waals surface area contributed by atoms with Crippen molar-refractivity contribution >= 4 is 23.3 Å². The van der Waals surface area contributed by atoms with Crippen LogP contribution in [-0.2, 0) is 4.74 Å². The number of oxazole rings is 1. The van der Waals surface area contributed by atoms with E-state index in [1.807, 2.05) is 0 Å². The molecule has 0 aliphatic carbocycles. The Bertz CT molecular complexity index is 684. The molecule has 0 atom stereocenters. The summed E-state index contributed by atoms with van der Waals surface area (Å²) in [5.74, 6) is -0.458. The molecule has 0 aliphatic rings. The molecule has 0 saturated heterocycles. The molecule has 9 heteroatoms. The summed E-state index contributed by atoms with van der Waals surface area (Å²) in [5.41, 5.74) is -0.288. The number of hydrogen-bond acceptors (Lipinski definition) is 7. The summed E-state index contributed by atoms with van der Waals surface area (Å²) in [6, 6.07) is 3.76. The van der Waals surface area contributed by atoms with Crippen molar-refractivity contribution in [3.63, 3.8) is 0 Å². The average Bonchev–Trinajstić information content (AvgIpc) is 2.87. The number of nitro groups is 1. The van der Waals surface area contributed by atoms with Crippen molar-refractivity contribution in [2.75, 3.05) is 6.61 Å². The van der Waals surface area contributed by atoms with Crippen molar-refractivity contribution in [1.29, 1.82) is 0 Å². The Labute approximate surface area is 123 Å². The number of esters is 1. The van der Waals surface area contributed by atoms with E-state index in [1.54, 1.807) is 6.92 Å². The Kier molecular flexibility index (Phi) is 4.39. The van der Waals surface area contributed by atoms with Crippen molar-refractivity contribution in [3.05, 3.63) is 45.3 Å². The van der Waals surface area contributed by atoms with Crippen molar-refractivity contribution in [3.8, 4) is 11.8 Å². The monoisotopic (exact) mass is 312 g/mol. The molecule has 0 N–H and O–H groups in total. The second-order valence-corrected chi connectivity index (χ2v) is 4.10.